The summed E-state index contributed by atoms with van der Waals surface area (Å²) in [6.07, 6.45) is 0. The van der Waals surface area contributed by atoms with Gasteiger partial charge >= 0.3 is 0 Å². The van der Waals surface area contributed by atoms with E-state index in [4.69, 9.17) is 0 Å². The zero-order valence-corrected chi connectivity index (χ0v) is 15.0. The van der Waals surface area contributed by atoms with E-state index in [1.54, 1.807) is 0 Å². The van der Waals surface area contributed by atoms with Crippen LogP contribution >= 0.6 is 22.8 Å². The van der Waals surface area contributed by atoms with Crippen molar-refractivity contribution in [3.63, 3.8) is 0 Å². The second-order valence-corrected chi connectivity index (χ2v) is 9.69. The Morgan fingerprint density at radius 2 is 1.14 bits per heavy atom. The molecule has 0 nitrogen and oxygen atoms in total. The van der Waals surface area contributed by atoms with Crippen molar-refractivity contribution in [3.05, 3.63) is 95.0 Å². The van der Waals surface area contributed by atoms with E-state index >= 15 is 0 Å². The van der Waals surface area contributed by atoms with Crippen molar-refractivity contribution in [2.45, 2.75) is 0 Å². The van der Waals surface area contributed by atoms with Gasteiger partial charge in [0.15, 0.2) is 0 Å². The van der Waals surface area contributed by atoms with E-state index in [1.165, 1.54) is 16.2 Å². The van der Waals surface area contributed by atoms with Gasteiger partial charge < -0.3 is 0 Å². The Kier molecular flexibility index (Phi) is 4.66. The van der Waals surface area contributed by atoms with Crippen LogP contribution in [0.4, 0.5) is 0 Å². The standard InChI is InChI=1S/C20H18BrP/c1-22(18-11-4-2-5-12-18,19-13-6-3-7-14-19)16-17-10-8-9-15-20(17)21/h2-16H,1H3. The molecule has 2 heteroatoms. The zero-order valence-electron chi connectivity index (χ0n) is 12.5. The minimum absolute atomic E-state index is 1.15. The van der Waals surface area contributed by atoms with Gasteiger partial charge in [-0.1, -0.05) is 102 Å². The van der Waals surface area contributed by atoms with E-state index in [-0.39, 0.29) is 0 Å². The molecule has 0 spiro atoms. The van der Waals surface area contributed by atoms with Crippen LogP contribution in [0.15, 0.2) is 89.4 Å². The first-order valence-electron chi connectivity index (χ1n) is 7.28. The minimum Gasteiger partial charge on any atom is -0.0622 e. The van der Waals surface area contributed by atoms with Crippen molar-refractivity contribution in [2.75, 3.05) is 6.66 Å². The molecule has 0 aromatic heterocycles. The van der Waals surface area contributed by atoms with Gasteiger partial charge in [-0.2, -0.15) is 0 Å². The van der Waals surface area contributed by atoms with Gasteiger partial charge in [0.1, 0.15) is 0 Å². The van der Waals surface area contributed by atoms with Gasteiger partial charge in [0.25, 0.3) is 0 Å². The molecule has 3 aromatic rings. The molecule has 0 aliphatic rings. The lowest BCUT2D eigenvalue weighted by molar-refractivity contribution is 1.63. The van der Waals surface area contributed by atoms with E-state index in [9.17, 15) is 0 Å². The average molecular weight is 369 g/mol. The molecule has 22 heavy (non-hydrogen) atoms. The third kappa shape index (κ3) is 3.11. The second kappa shape index (κ2) is 6.69. The predicted octanol–water partition coefficient (Wildman–Crippen LogP) is 4.90. The van der Waals surface area contributed by atoms with Crippen molar-refractivity contribution >= 4 is 39.2 Å². The molecule has 0 atom stereocenters. The maximum absolute atomic E-state index is 3.68. The van der Waals surface area contributed by atoms with Crippen LogP contribution in [-0.4, -0.2) is 12.5 Å². The first-order chi connectivity index (χ1) is 10.7. The highest BCUT2D eigenvalue weighted by atomic mass is 79.9. The molecular formula is C20H18BrP. The Morgan fingerprint density at radius 3 is 1.64 bits per heavy atom. The lowest BCUT2D eigenvalue weighted by Crippen LogP contribution is -2.17. The SMILES string of the molecule is CP(=Cc1ccccc1Br)(c1ccccc1)c1ccccc1. The number of rotatable bonds is 3. The topological polar surface area (TPSA) is 0 Å². The van der Waals surface area contributed by atoms with Crippen molar-refractivity contribution in [1.82, 2.24) is 0 Å². The van der Waals surface area contributed by atoms with Gasteiger partial charge in [0.05, 0.1) is 0 Å². The summed E-state index contributed by atoms with van der Waals surface area (Å²) in [7, 11) is 0. The molecular weight excluding hydrogens is 351 g/mol. The third-order valence-corrected chi connectivity index (χ3v) is 8.15. The Balaban J connectivity index is 2.27. The van der Waals surface area contributed by atoms with Crippen LogP contribution in [0.3, 0.4) is 0 Å². The van der Waals surface area contributed by atoms with Crippen LogP contribution < -0.4 is 10.6 Å². The zero-order chi connectivity index (χ0) is 15.4. The van der Waals surface area contributed by atoms with Crippen molar-refractivity contribution in [3.8, 4) is 0 Å². The molecule has 0 saturated carbocycles. The monoisotopic (exact) mass is 368 g/mol. The molecule has 0 bridgehead atoms. The summed E-state index contributed by atoms with van der Waals surface area (Å²) in [5, 5.41) is 2.80. The highest BCUT2D eigenvalue weighted by Crippen LogP contribution is 2.41. The normalized spacial score (nSPS) is 11.2. The quantitative estimate of drug-likeness (QED) is 0.577. The molecule has 0 amide bonds. The fraction of sp³-hybridized carbons (Fsp3) is 0.0500. The summed E-state index contributed by atoms with van der Waals surface area (Å²) >= 11 is 3.68. The van der Waals surface area contributed by atoms with Crippen LogP contribution in [0.5, 0.6) is 0 Å². The predicted molar refractivity (Wildman–Crippen MR) is 104 cm³/mol. The summed E-state index contributed by atoms with van der Waals surface area (Å²) in [6, 6.07) is 30.1. The van der Waals surface area contributed by atoms with Crippen LogP contribution in [0.1, 0.15) is 5.56 Å². The van der Waals surface area contributed by atoms with Crippen molar-refractivity contribution in [1.29, 1.82) is 0 Å². The first kappa shape index (κ1) is 15.3. The van der Waals surface area contributed by atoms with Crippen molar-refractivity contribution < 1.29 is 0 Å². The van der Waals surface area contributed by atoms with E-state index in [2.05, 4.69) is 113 Å². The highest BCUT2D eigenvalue weighted by molar-refractivity contribution is 9.10. The van der Waals surface area contributed by atoms with Gasteiger partial charge in [-0.05, 0) is 34.7 Å². The summed E-state index contributed by atoms with van der Waals surface area (Å²) in [5.74, 6) is 2.45. The molecule has 0 heterocycles. The third-order valence-electron chi connectivity index (χ3n) is 3.89. The van der Waals surface area contributed by atoms with Gasteiger partial charge in [-0.15, -0.1) is 0 Å². The maximum atomic E-state index is 3.68. The molecule has 3 aromatic carbocycles. The van der Waals surface area contributed by atoms with Crippen molar-refractivity contribution in [2.24, 2.45) is 0 Å². The fourth-order valence-electron chi connectivity index (χ4n) is 2.63. The fourth-order valence-corrected chi connectivity index (χ4v) is 6.17. The van der Waals surface area contributed by atoms with Crippen LogP contribution in [0, 0.1) is 0 Å². The molecule has 0 radical (unpaired) electrons. The van der Waals surface area contributed by atoms with E-state index in [0.29, 0.717) is 0 Å². The van der Waals surface area contributed by atoms with Crippen LogP contribution in [0.2, 0.25) is 0 Å². The summed E-state index contributed by atoms with van der Waals surface area (Å²) < 4.78 is 1.15. The van der Waals surface area contributed by atoms with Gasteiger partial charge in [0.2, 0.25) is 0 Å². The van der Waals surface area contributed by atoms with Gasteiger partial charge in [-0.25, -0.2) is 0 Å². The lowest BCUT2D eigenvalue weighted by Gasteiger charge is -2.23. The average Bonchev–Trinajstić information content (AvgIpc) is 2.58. The lowest BCUT2D eigenvalue weighted by atomic mass is 10.2. The maximum Gasteiger partial charge on any atom is 0.0248 e. The molecule has 0 fully saturated rings. The van der Waals surface area contributed by atoms with Gasteiger partial charge in [-0.3, -0.25) is 0 Å². The number of halogens is 1. The summed E-state index contributed by atoms with van der Waals surface area (Å²) in [4.78, 5) is 0. The highest BCUT2D eigenvalue weighted by Gasteiger charge is 2.17. The number of hydrogen-bond donors (Lipinski definition) is 0. The molecule has 110 valence electrons. The van der Waals surface area contributed by atoms with Crippen LogP contribution in [0.25, 0.3) is 0 Å². The summed E-state index contributed by atoms with van der Waals surface area (Å²) in [6.45, 7) is 0.808. The van der Waals surface area contributed by atoms with Gasteiger partial charge in [0, 0.05) is 4.47 Å². The molecule has 0 aliphatic heterocycles. The number of hydrogen-bond acceptors (Lipinski definition) is 0. The molecule has 0 unspecified atom stereocenters. The smallest absolute Gasteiger partial charge is 0.0248 e. The minimum atomic E-state index is -1.58. The Labute approximate surface area is 140 Å². The largest absolute Gasteiger partial charge is 0.0622 e. The molecule has 0 aliphatic carbocycles. The second-order valence-electron chi connectivity index (χ2n) is 5.40. The molecule has 3 rings (SSSR count). The molecule has 0 N–H and O–H groups in total. The Hall–Kier alpha value is -1.56. The summed E-state index contributed by atoms with van der Waals surface area (Å²) in [5.41, 5.74) is 1.26. The van der Waals surface area contributed by atoms with E-state index < -0.39 is 6.89 Å². The Morgan fingerprint density at radius 1 is 0.682 bits per heavy atom. The molecule has 0 saturated heterocycles. The van der Waals surface area contributed by atoms with E-state index in [0.717, 1.165) is 4.47 Å². The first-order valence-corrected chi connectivity index (χ1v) is 10.4. The van der Waals surface area contributed by atoms with E-state index in [1.807, 2.05) is 0 Å². The number of benzene rings is 3. The van der Waals surface area contributed by atoms with Crippen LogP contribution in [-0.2, 0) is 0 Å². The Bertz CT molecular complexity index is 764.